The molecule has 0 saturated heterocycles. The number of rotatable bonds is 4. The van der Waals surface area contributed by atoms with E-state index in [0.29, 0.717) is 22.7 Å². The fourth-order valence-electron chi connectivity index (χ4n) is 1.32. The molecule has 0 aromatic heterocycles. The molecule has 5 nitrogen and oxygen atoms in total. The van der Waals surface area contributed by atoms with Crippen molar-refractivity contribution in [3.8, 4) is 11.5 Å². The minimum Gasteiger partial charge on any atom is -0.493 e. The van der Waals surface area contributed by atoms with Gasteiger partial charge in [0.2, 0.25) is 0 Å². The van der Waals surface area contributed by atoms with Crippen molar-refractivity contribution in [2.24, 2.45) is 0 Å². The van der Waals surface area contributed by atoms with Crippen molar-refractivity contribution in [3.05, 3.63) is 17.7 Å². The van der Waals surface area contributed by atoms with Gasteiger partial charge in [-0.25, -0.2) is 0 Å². The quantitative estimate of drug-likeness (QED) is 0.656. The summed E-state index contributed by atoms with van der Waals surface area (Å²) in [5, 5.41) is 0. The van der Waals surface area contributed by atoms with Crippen LogP contribution >= 0.6 is 12.4 Å². The van der Waals surface area contributed by atoms with E-state index in [1.165, 1.54) is 21.3 Å². The van der Waals surface area contributed by atoms with Gasteiger partial charge in [0.05, 0.1) is 27.8 Å². The van der Waals surface area contributed by atoms with Crippen LogP contribution in [0.2, 0.25) is 0 Å². The maximum atomic E-state index is 11.1. The lowest BCUT2D eigenvalue weighted by Gasteiger charge is -2.11. The number of nitrogen functional groups attached to an aromatic ring is 1. The summed E-state index contributed by atoms with van der Waals surface area (Å²) >= 11 is 0. The number of hydrogen-bond donors (Lipinski definition) is 1. The summed E-state index contributed by atoms with van der Waals surface area (Å²) < 4.78 is 14.8. The molecule has 96 valence electrons. The normalized spacial score (nSPS) is 9.12. The summed E-state index contributed by atoms with van der Waals surface area (Å²) in [6.07, 6.45) is 0.114. The zero-order chi connectivity index (χ0) is 12.1. The second-order valence-corrected chi connectivity index (χ2v) is 3.16. The van der Waals surface area contributed by atoms with E-state index in [-0.39, 0.29) is 24.8 Å². The molecule has 1 aromatic carbocycles. The van der Waals surface area contributed by atoms with Gasteiger partial charge in [-0.15, -0.1) is 12.4 Å². The number of ether oxygens (including phenoxy) is 3. The predicted molar refractivity (Wildman–Crippen MR) is 66.9 cm³/mol. The number of halogens is 1. The lowest BCUT2D eigenvalue weighted by atomic mass is 10.1. The zero-order valence-electron chi connectivity index (χ0n) is 9.98. The first-order valence-corrected chi connectivity index (χ1v) is 4.69. The Morgan fingerprint density at radius 3 is 2.18 bits per heavy atom. The predicted octanol–water partition coefficient (Wildman–Crippen LogP) is 1.42. The van der Waals surface area contributed by atoms with E-state index in [0.717, 1.165) is 0 Å². The topological polar surface area (TPSA) is 70.8 Å². The Hall–Kier alpha value is -1.62. The Bertz CT molecular complexity index is 395. The van der Waals surface area contributed by atoms with Crippen LogP contribution in [0.15, 0.2) is 12.1 Å². The average Bonchev–Trinajstić information content (AvgIpc) is 2.30. The van der Waals surface area contributed by atoms with Crippen LogP contribution in [0.4, 0.5) is 5.69 Å². The van der Waals surface area contributed by atoms with Crippen molar-refractivity contribution in [2.75, 3.05) is 27.1 Å². The van der Waals surface area contributed by atoms with Crippen LogP contribution in [0.3, 0.4) is 0 Å². The van der Waals surface area contributed by atoms with Crippen LogP contribution < -0.4 is 15.2 Å². The molecule has 0 spiro atoms. The van der Waals surface area contributed by atoms with Gasteiger partial charge in [-0.3, -0.25) is 4.79 Å². The van der Waals surface area contributed by atoms with Gasteiger partial charge in [0.15, 0.2) is 11.5 Å². The molecule has 0 unspecified atom stereocenters. The zero-order valence-corrected chi connectivity index (χ0v) is 10.8. The molecule has 1 rings (SSSR count). The van der Waals surface area contributed by atoms with Crippen molar-refractivity contribution >= 4 is 24.1 Å². The van der Waals surface area contributed by atoms with E-state index in [9.17, 15) is 4.79 Å². The van der Waals surface area contributed by atoms with Gasteiger partial charge in [-0.05, 0) is 11.6 Å². The molecule has 0 bridgehead atoms. The summed E-state index contributed by atoms with van der Waals surface area (Å²) in [7, 11) is 4.38. The smallest absolute Gasteiger partial charge is 0.310 e. The van der Waals surface area contributed by atoms with Crippen LogP contribution in [0, 0.1) is 0 Å². The molecule has 0 fully saturated rings. The number of carbonyl (C=O) groups excluding carboxylic acids is 1. The van der Waals surface area contributed by atoms with E-state index in [2.05, 4.69) is 4.74 Å². The molecule has 0 saturated carbocycles. The first-order chi connectivity index (χ1) is 7.62. The molecule has 17 heavy (non-hydrogen) atoms. The molecule has 0 aliphatic rings. The molecular formula is C11H16ClNO4. The number of hydrogen-bond acceptors (Lipinski definition) is 5. The Labute approximate surface area is 106 Å². The Morgan fingerprint density at radius 1 is 1.18 bits per heavy atom. The highest BCUT2D eigenvalue weighted by Gasteiger charge is 2.12. The number of methoxy groups -OCH3 is 3. The third-order valence-corrected chi connectivity index (χ3v) is 2.21. The van der Waals surface area contributed by atoms with Crippen LogP contribution in [0.1, 0.15) is 5.56 Å². The van der Waals surface area contributed by atoms with Crippen molar-refractivity contribution in [3.63, 3.8) is 0 Å². The SMILES string of the molecule is COC(=O)Cc1cc(OC)c(OC)cc1N.Cl. The van der Waals surface area contributed by atoms with Gasteiger partial charge < -0.3 is 19.9 Å². The Kier molecular flexibility index (Phi) is 6.20. The fourth-order valence-corrected chi connectivity index (χ4v) is 1.32. The summed E-state index contributed by atoms with van der Waals surface area (Å²) in [6, 6.07) is 3.29. The first kappa shape index (κ1) is 15.4. The lowest BCUT2D eigenvalue weighted by molar-refractivity contribution is -0.139. The van der Waals surface area contributed by atoms with E-state index in [4.69, 9.17) is 15.2 Å². The average molecular weight is 262 g/mol. The highest BCUT2D eigenvalue weighted by Crippen LogP contribution is 2.32. The van der Waals surface area contributed by atoms with Gasteiger partial charge >= 0.3 is 5.97 Å². The summed E-state index contributed by atoms with van der Waals surface area (Å²) in [5.74, 6) is 0.725. The van der Waals surface area contributed by atoms with E-state index < -0.39 is 0 Å². The third kappa shape index (κ3) is 3.71. The molecule has 0 aliphatic heterocycles. The highest BCUT2D eigenvalue weighted by atomic mass is 35.5. The standard InChI is InChI=1S/C11H15NO4.ClH/c1-14-9-4-7(5-11(13)16-3)8(12)6-10(9)15-2;/h4,6H,5,12H2,1-3H3;1H. The second-order valence-electron chi connectivity index (χ2n) is 3.16. The van der Waals surface area contributed by atoms with Gasteiger partial charge in [0.25, 0.3) is 0 Å². The third-order valence-electron chi connectivity index (χ3n) is 2.21. The fraction of sp³-hybridized carbons (Fsp3) is 0.364. The van der Waals surface area contributed by atoms with Gasteiger partial charge in [-0.2, -0.15) is 0 Å². The molecule has 0 atom stereocenters. The van der Waals surface area contributed by atoms with Crippen molar-refractivity contribution in [1.82, 2.24) is 0 Å². The first-order valence-electron chi connectivity index (χ1n) is 4.69. The molecule has 0 radical (unpaired) electrons. The molecule has 0 amide bonds. The number of anilines is 1. The lowest BCUT2D eigenvalue weighted by Crippen LogP contribution is -2.07. The van der Waals surface area contributed by atoms with E-state index >= 15 is 0 Å². The van der Waals surface area contributed by atoms with Gasteiger partial charge in [-0.1, -0.05) is 0 Å². The maximum Gasteiger partial charge on any atom is 0.310 e. The van der Waals surface area contributed by atoms with Crippen molar-refractivity contribution < 1.29 is 19.0 Å². The van der Waals surface area contributed by atoms with Crippen LogP contribution in [0.25, 0.3) is 0 Å². The minimum absolute atomic E-state index is 0. The Morgan fingerprint density at radius 2 is 1.71 bits per heavy atom. The van der Waals surface area contributed by atoms with E-state index in [1.807, 2.05) is 0 Å². The summed E-state index contributed by atoms with van der Waals surface area (Å²) in [5.41, 5.74) is 6.91. The van der Waals surface area contributed by atoms with Crippen molar-refractivity contribution in [2.45, 2.75) is 6.42 Å². The number of benzene rings is 1. The monoisotopic (exact) mass is 261 g/mol. The molecule has 0 aliphatic carbocycles. The minimum atomic E-state index is -0.348. The maximum absolute atomic E-state index is 11.1. The molecule has 1 aromatic rings. The van der Waals surface area contributed by atoms with Gasteiger partial charge in [0, 0.05) is 11.8 Å². The summed E-state index contributed by atoms with van der Waals surface area (Å²) in [6.45, 7) is 0. The van der Waals surface area contributed by atoms with Crippen molar-refractivity contribution in [1.29, 1.82) is 0 Å². The molecule has 2 N–H and O–H groups in total. The number of carbonyl (C=O) groups is 1. The molecule has 0 heterocycles. The second kappa shape index (κ2) is 6.85. The molecule has 6 heteroatoms. The summed E-state index contributed by atoms with van der Waals surface area (Å²) in [4.78, 5) is 11.1. The largest absolute Gasteiger partial charge is 0.493 e. The van der Waals surface area contributed by atoms with Gasteiger partial charge in [0.1, 0.15) is 0 Å². The number of nitrogens with two attached hydrogens (primary N) is 1. The van der Waals surface area contributed by atoms with Crippen LogP contribution in [0.5, 0.6) is 11.5 Å². The Balaban J connectivity index is 0.00000256. The number of esters is 1. The molecular weight excluding hydrogens is 246 g/mol. The highest BCUT2D eigenvalue weighted by molar-refractivity contribution is 5.85. The van der Waals surface area contributed by atoms with Crippen LogP contribution in [-0.2, 0) is 16.0 Å². The van der Waals surface area contributed by atoms with E-state index in [1.54, 1.807) is 12.1 Å². The van der Waals surface area contributed by atoms with Crippen LogP contribution in [-0.4, -0.2) is 27.3 Å².